The molecule has 0 unspecified atom stereocenters. The minimum atomic E-state index is -4.19. The van der Waals surface area contributed by atoms with Crippen LogP contribution in [0.4, 0.5) is 11.4 Å². The van der Waals surface area contributed by atoms with Crippen molar-refractivity contribution in [3.05, 3.63) is 131 Å². The highest BCUT2D eigenvalue weighted by atomic mass is 35.5. The molecule has 0 saturated carbocycles. The van der Waals surface area contributed by atoms with E-state index in [2.05, 4.69) is 48.8 Å². The molecule has 2 aliphatic rings. The fourth-order valence-electron chi connectivity index (χ4n) is 7.62. The van der Waals surface area contributed by atoms with Crippen molar-refractivity contribution in [2.24, 2.45) is 0 Å². The molecule has 0 radical (unpaired) electrons. The average molecular weight is 852 g/mol. The molecule has 0 bridgehead atoms. The number of piperazine rings is 1. The predicted octanol–water partition coefficient (Wildman–Crippen LogP) is 8.00. The maximum absolute atomic E-state index is 13.8. The van der Waals surface area contributed by atoms with Crippen LogP contribution in [0.25, 0.3) is 11.1 Å². The Morgan fingerprint density at radius 1 is 0.833 bits per heavy atom. The lowest BCUT2D eigenvalue weighted by atomic mass is 9.98. The molecule has 5 aromatic carbocycles. The number of ether oxygens (including phenoxy) is 2. The van der Waals surface area contributed by atoms with Gasteiger partial charge in [0.25, 0.3) is 15.9 Å². The van der Waals surface area contributed by atoms with Crippen LogP contribution in [0, 0.1) is 6.92 Å². The van der Waals surface area contributed by atoms with Crippen molar-refractivity contribution < 1.29 is 22.7 Å². The van der Waals surface area contributed by atoms with E-state index < -0.39 is 15.9 Å². The summed E-state index contributed by atoms with van der Waals surface area (Å²) in [6.07, 6.45) is 2.04. The summed E-state index contributed by atoms with van der Waals surface area (Å²) >= 11 is 6.23. The number of aryl methyl sites for hydroxylation is 1. The first-order valence-electron chi connectivity index (χ1n) is 20.5. The number of carbonyl (C=O) groups is 1. The second-order valence-corrected chi connectivity index (χ2v) is 18.1. The van der Waals surface area contributed by atoms with Gasteiger partial charge in [-0.05, 0) is 143 Å². The van der Waals surface area contributed by atoms with E-state index in [0.29, 0.717) is 23.4 Å². The van der Waals surface area contributed by atoms with Crippen molar-refractivity contribution in [1.82, 2.24) is 19.4 Å². The molecule has 0 aromatic heterocycles. The zero-order valence-electron chi connectivity index (χ0n) is 34.9. The van der Waals surface area contributed by atoms with Crippen molar-refractivity contribution in [2.45, 2.75) is 37.2 Å². The molecule has 13 heteroatoms. The van der Waals surface area contributed by atoms with Crippen molar-refractivity contribution in [3.63, 3.8) is 0 Å². The Hall–Kier alpha value is -5.11. The molecule has 1 amide bonds. The summed E-state index contributed by atoms with van der Waals surface area (Å²) in [5.41, 5.74) is 6.09. The van der Waals surface area contributed by atoms with Crippen LogP contribution in [0.15, 0.2) is 114 Å². The predicted molar refractivity (Wildman–Crippen MR) is 241 cm³/mol. The molecule has 11 nitrogen and oxygen atoms in total. The molecular weight excluding hydrogens is 796 g/mol. The molecule has 5 aromatic rings. The summed E-state index contributed by atoms with van der Waals surface area (Å²) in [4.78, 5) is 22.9. The molecule has 0 spiro atoms. The maximum atomic E-state index is 13.8. The van der Waals surface area contributed by atoms with Crippen LogP contribution in [0.3, 0.4) is 0 Å². The molecule has 7 rings (SSSR count). The molecule has 0 atom stereocenters. The summed E-state index contributed by atoms with van der Waals surface area (Å²) in [6.45, 7) is 9.14. The summed E-state index contributed by atoms with van der Waals surface area (Å²) in [7, 11) is 1.99. The van der Waals surface area contributed by atoms with Gasteiger partial charge in [0.15, 0.2) is 0 Å². The first kappa shape index (κ1) is 43.0. The number of piperidine rings is 1. The number of sulfonamides is 1. The van der Waals surface area contributed by atoms with Gasteiger partial charge in [0.2, 0.25) is 0 Å². The van der Waals surface area contributed by atoms with Crippen LogP contribution in [-0.2, 0) is 16.6 Å². The van der Waals surface area contributed by atoms with Crippen molar-refractivity contribution >= 4 is 38.9 Å². The molecule has 2 heterocycles. The Kier molecular flexibility index (Phi) is 14.0. The quantitative estimate of drug-likeness (QED) is 0.108. The maximum Gasteiger partial charge on any atom is 0.268 e. The van der Waals surface area contributed by atoms with Crippen LogP contribution >= 0.6 is 11.6 Å². The third-order valence-corrected chi connectivity index (χ3v) is 12.7. The zero-order chi connectivity index (χ0) is 42.2. The molecule has 2 aliphatic heterocycles. The SMILES string of the molecule is Cc1cc(S(=O)(=O)NC(=O)c2ccc(N3CCN(Cc4cc(OCCN(C)C)ccc4-c4ccc(Cl)cc4)CC3)cc2Oc2ccccc2)ccc1NC1CCN(C)CC1. The molecule has 60 heavy (non-hydrogen) atoms. The van der Waals surface area contributed by atoms with Gasteiger partial charge in [-0.3, -0.25) is 9.69 Å². The monoisotopic (exact) mass is 850 g/mol. The molecule has 2 saturated heterocycles. The van der Waals surface area contributed by atoms with E-state index in [0.717, 1.165) is 99.0 Å². The van der Waals surface area contributed by atoms with Gasteiger partial charge in [-0.25, -0.2) is 13.1 Å². The molecular formula is C47H55ClN6O5S. The number of nitrogens with one attached hydrogen (secondary N) is 2. The van der Waals surface area contributed by atoms with Crippen LogP contribution in [-0.4, -0.2) is 109 Å². The summed E-state index contributed by atoms with van der Waals surface area (Å²) in [5, 5.41) is 4.27. The summed E-state index contributed by atoms with van der Waals surface area (Å²) < 4.78 is 42.0. The number of amides is 1. The van der Waals surface area contributed by atoms with Gasteiger partial charge in [-0.1, -0.05) is 48.0 Å². The zero-order valence-corrected chi connectivity index (χ0v) is 36.4. The lowest BCUT2D eigenvalue weighted by molar-refractivity contribution is 0.0979. The Labute approximate surface area is 359 Å². The third-order valence-electron chi connectivity index (χ3n) is 11.2. The average Bonchev–Trinajstić information content (AvgIpc) is 3.23. The molecule has 316 valence electrons. The first-order chi connectivity index (χ1) is 28.9. The first-order valence-corrected chi connectivity index (χ1v) is 22.4. The van der Waals surface area contributed by atoms with Gasteiger partial charge >= 0.3 is 0 Å². The molecule has 2 N–H and O–H groups in total. The van der Waals surface area contributed by atoms with Crippen molar-refractivity contribution in [3.8, 4) is 28.4 Å². The Morgan fingerprint density at radius 3 is 2.27 bits per heavy atom. The normalized spacial score (nSPS) is 15.5. The van der Waals surface area contributed by atoms with Gasteiger partial charge in [0.1, 0.15) is 23.9 Å². The second kappa shape index (κ2) is 19.5. The van der Waals surface area contributed by atoms with Gasteiger partial charge in [-0.15, -0.1) is 0 Å². The minimum Gasteiger partial charge on any atom is -0.492 e. The summed E-state index contributed by atoms with van der Waals surface area (Å²) in [5.74, 6) is 0.869. The van der Waals surface area contributed by atoms with Crippen LogP contribution in [0.2, 0.25) is 5.02 Å². The largest absolute Gasteiger partial charge is 0.492 e. The summed E-state index contributed by atoms with van der Waals surface area (Å²) in [6, 6.07) is 34.0. The van der Waals surface area contributed by atoms with Crippen molar-refractivity contribution in [1.29, 1.82) is 0 Å². The van der Waals surface area contributed by atoms with E-state index in [1.165, 1.54) is 5.56 Å². The third kappa shape index (κ3) is 11.2. The number of hydrogen-bond acceptors (Lipinski definition) is 10. The number of benzene rings is 5. The Bertz CT molecular complexity index is 2350. The highest BCUT2D eigenvalue weighted by molar-refractivity contribution is 7.90. The van der Waals surface area contributed by atoms with Crippen LogP contribution < -0.4 is 24.4 Å². The van der Waals surface area contributed by atoms with Gasteiger partial charge in [0, 0.05) is 67.8 Å². The smallest absolute Gasteiger partial charge is 0.268 e. The fourth-order valence-corrected chi connectivity index (χ4v) is 8.80. The van der Waals surface area contributed by atoms with Crippen LogP contribution in [0.1, 0.15) is 34.3 Å². The fraction of sp³-hybridized carbons (Fsp3) is 0.340. The number of nitrogens with zero attached hydrogens (tertiary/aromatic N) is 4. The number of likely N-dealkylation sites (tertiary alicyclic amines) is 1. The Balaban J connectivity index is 1.05. The number of para-hydroxylation sites is 1. The number of halogens is 1. The van der Waals surface area contributed by atoms with E-state index in [4.69, 9.17) is 21.1 Å². The lowest BCUT2D eigenvalue weighted by Gasteiger charge is -2.36. The minimum absolute atomic E-state index is 0.0196. The van der Waals surface area contributed by atoms with E-state index >= 15 is 0 Å². The second-order valence-electron chi connectivity index (χ2n) is 16.0. The van der Waals surface area contributed by atoms with E-state index in [1.54, 1.807) is 36.4 Å². The van der Waals surface area contributed by atoms with E-state index in [1.807, 2.05) is 81.7 Å². The number of anilines is 2. The van der Waals surface area contributed by atoms with E-state index in [-0.39, 0.29) is 16.2 Å². The number of hydrogen-bond donors (Lipinski definition) is 2. The number of likely N-dealkylation sites (N-methyl/N-ethyl adjacent to an activating group) is 1. The lowest BCUT2D eigenvalue weighted by Crippen LogP contribution is -2.46. The van der Waals surface area contributed by atoms with E-state index in [9.17, 15) is 13.2 Å². The topological polar surface area (TPSA) is 107 Å². The van der Waals surface area contributed by atoms with Crippen LogP contribution in [0.5, 0.6) is 17.2 Å². The van der Waals surface area contributed by atoms with Crippen molar-refractivity contribution in [2.75, 3.05) is 83.8 Å². The molecule has 2 fully saturated rings. The number of carbonyl (C=O) groups excluding carboxylic acids is 1. The highest BCUT2D eigenvalue weighted by Crippen LogP contribution is 2.33. The standard InChI is InChI=1S/C47H55ClN6O5S/c1-34-30-42(16-19-45(34)49-38-20-22-52(4)23-21-38)60(56,57)50-47(55)44-17-14-39(32-46(44)59-40-8-6-5-7-9-40)54-26-24-53(25-27-54)33-36-31-41(58-29-28-51(2)3)15-18-43(36)35-10-12-37(48)13-11-35/h5-19,30-32,38,49H,20-29,33H2,1-4H3,(H,50,55). The van der Waals surface area contributed by atoms with Gasteiger partial charge in [0.05, 0.1) is 10.5 Å². The number of rotatable bonds is 15. The van der Waals surface area contributed by atoms with Gasteiger partial charge < -0.3 is 29.5 Å². The van der Waals surface area contributed by atoms with Gasteiger partial charge in [-0.2, -0.15) is 0 Å². The molecule has 0 aliphatic carbocycles. The highest BCUT2D eigenvalue weighted by Gasteiger charge is 2.26. The Morgan fingerprint density at radius 2 is 1.57 bits per heavy atom.